The second-order valence-corrected chi connectivity index (χ2v) is 6.46. The van der Waals surface area contributed by atoms with Crippen molar-refractivity contribution >= 4 is 27.8 Å². The Morgan fingerprint density at radius 3 is 2.46 bits per heavy atom. The second kappa shape index (κ2) is 5.91. The SMILES string of the molecule is Cc1cc2ccccc2[cH-]1.[Cl][Zr][Cl]. The molecule has 2 aromatic carbocycles. The molecule has 0 heterocycles. The molecule has 0 aliphatic carbocycles. The molecule has 0 aromatic heterocycles. The van der Waals surface area contributed by atoms with Gasteiger partial charge >= 0.3 is 37.9 Å². The Balaban J connectivity index is 0.000000251. The molecule has 0 fully saturated rings. The molecule has 0 nitrogen and oxygen atoms in total. The molecule has 0 N–H and O–H groups in total. The van der Waals surface area contributed by atoms with E-state index in [1.54, 1.807) is 0 Å². The van der Waals surface area contributed by atoms with Gasteiger partial charge in [0.05, 0.1) is 0 Å². The number of fused-ring (bicyclic) bond motifs is 1. The molecule has 0 aliphatic heterocycles. The predicted octanol–water partition coefficient (Wildman–Crippen LogP) is 4.24. The van der Waals surface area contributed by atoms with Crippen molar-refractivity contribution in [1.29, 1.82) is 0 Å². The summed E-state index contributed by atoms with van der Waals surface area (Å²) in [6, 6.07) is 12.8. The van der Waals surface area contributed by atoms with E-state index < -0.39 is 20.8 Å². The van der Waals surface area contributed by atoms with E-state index in [0.717, 1.165) is 0 Å². The van der Waals surface area contributed by atoms with E-state index in [2.05, 4.69) is 43.3 Å². The minimum absolute atomic E-state index is 0.826. The van der Waals surface area contributed by atoms with Gasteiger partial charge in [-0.2, -0.15) is 6.07 Å². The summed E-state index contributed by atoms with van der Waals surface area (Å²) in [5.74, 6) is 0. The standard InChI is InChI=1S/C10H9.2ClH.Zr/c1-8-6-9-4-2-3-5-10(9)7-8;;;/h2-7H,1H3;2*1H;/q-1;;;+2/p-2. The Morgan fingerprint density at radius 1 is 1.23 bits per heavy atom. The number of hydrogen-bond acceptors (Lipinski definition) is 0. The third-order valence-corrected chi connectivity index (χ3v) is 1.76. The van der Waals surface area contributed by atoms with E-state index in [1.807, 2.05) is 0 Å². The van der Waals surface area contributed by atoms with Crippen LogP contribution in [0.1, 0.15) is 5.56 Å². The zero-order valence-corrected chi connectivity index (χ0v) is 11.2. The van der Waals surface area contributed by atoms with E-state index in [1.165, 1.54) is 16.3 Å². The second-order valence-electron chi connectivity index (χ2n) is 2.73. The molecule has 0 radical (unpaired) electrons. The van der Waals surface area contributed by atoms with Crippen LogP contribution >= 0.6 is 17.0 Å². The van der Waals surface area contributed by atoms with Crippen molar-refractivity contribution in [3.63, 3.8) is 0 Å². The Labute approximate surface area is 96.9 Å². The summed E-state index contributed by atoms with van der Waals surface area (Å²) < 4.78 is 0. The fourth-order valence-electron chi connectivity index (χ4n) is 1.31. The van der Waals surface area contributed by atoms with Crippen LogP contribution in [0.5, 0.6) is 0 Å². The van der Waals surface area contributed by atoms with Gasteiger partial charge in [0.25, 0.3) is 0 Å². The molecule has 0 atom stereocenters. The first-order valence-electron chi connectivity index (χ1n) is 3.86. The van der Waals surface area contributed by atoms with Gasteiger partial charge in [0.1, 0.15) is 0 Å². The summed E-state index contributed by atoms with van der Waals surface area (Å²) in [4.78, 5) is 0. The van der Waals surface area contributed by atoms with E-state index >= 15 is 0 Å². The molecule has 0 unspecified atom stereocenters. The first kappa shape index (κ1) is 11.4. The number of benzene rings is 1. The predicted molar refractivity (Wildman–Crippen MR) is 56.0 cm³/mol. The zero-order valence-electron chi connectivity index (χ0n) is 7.22. The van der Waals surface area contributed by atoms with E-state index in [-0.39, 0.29) is 0 Å². The van der Waals surface area contributed by atoms with Crippen molar-refractivity contribution in [2.75, 3.05) is 0 Å². The molecular weight excluding hydrogens is 282 g/mol. The molecule has 0 bridgehead atoms. The monoisotopic (exact) mass is 289 g/mol. The van der Waals surface area contributed by atoms with Crippen LogP contribution in [0, 0.1) is 6.92 Å². The van der Waals surface area contributed by atoms with Gasteiger partial charge < -0.3 is 0 Å². The van der Waals surface area contributed by atoms with Crippen LogP contribution in [0.2, 0.25) is 0 Å². The van der Waals surface area contributed by atoms with Crippen LogP contribution in [0.25, 0.3) is 10.8 Å². The molecule has 0 spiro atoms. The van der Waals surface area contributed by atoms with Crippen molar-refractivity contribution in [1.82, 2.24) is 0 Å². The number of rotatable bonds is 0. The van der Waals surface area contributed by atoms with Gasteiger partial charge in [-0.3, -0.25) is 0 Å². The molecule has 68 valence electrons. The average Bonchev–Trinajstić information content (AvgIpc) is 2.45. The first-order valence-corrected chi connectivity index (χ1v) is 10.2. The van der Waals surface area contributed by atoms with Crippen molar-refractivity contribution in [2.24, 2.45) is 0 Å². The molecular formula is C10H9Cl2Zr-. The van der Waals surface area contributed by atoms with Gasteiger partial charge in [-0.05, 0) is 0 Å². The van der Waals surface area contributed by atoms with Gasteiger partial charge in [0, 0.05) is 0 Å². The number of aryl methyl sites for hydroxylation is 1. The number of halogens is 2. The average molecular weight is 291 g/mol. The van der Waals surface area contributed by atoms with E-state index in [0.29, 0.717) is 0 Å². The first-order chi connectivity index (χ1) is 6.27. The third kappa shape index (κ3) is 3.50. The van der Waals surface area contributed by atoms with Crippen LogP contribution in [0.3, 0.4) is 0 Å². The molecule has 13 heavy (non-hydrogen) atoms. The summed E-state index contributed by atoms with van der Waals surface area (Å²) in [5.41, 5.74) is 1.35. The van der Waals surface area contributed by atoms with Gasteiger partial charge in [-0.1, -0.05) is 13.0 Å². The zero-order chi connectivity index (χ0) is 9.68. The summed E-state index contributed by atoms with van der Waals surface area (Å²) in [6.45, 7) is 2.12. The van der Waals surface area contributed by atoms with Crippen LogP contribution in [0.4, 0.5) is 0 Å². The van der Waals surface area contributed by atoms with Crippen molar-refractivity contribution in [2.45, 2.75) is 6.92 Å². The van der Waals surface area contributed by atoms with Crippen LogP contribution in [0.15, 0.2) is 36.4 Å². The molecule has 2 aromatic rings. The number of hydrogen-bond donors (Lipinski definition) is 0. The summed E-state index contributed by atoms with van der Waals surface area (Å²) >= 11 is -0.826. The van der Waals surface area contributed by atoms with Gasteiger partial charge in [0.15, 0.2) is 0 Å². The molecule has 0 amide bonds. The topological polar surface area (TPSA) is 0 Å². The van der Waals surface area contributed by atoms with Crippen LogP contribution in [-0.4, -0.2) is 0 Å². The fraction of sp³-hybridized carbons (Fsp3) is 0.100. The summed E-state index contributed by atoms with van der Waals surface area (Å²) in [7, 11) is 9.87. The maximum absolute atomic E-state index is 4.93. The van der Waals surface area contributed by atoms with Crippen molar-refractivity contribution in [3.8, 4) is 0 Å². The molecule has 2 rings (SSSR count). The maximum atomic E-state index is 4.93. The quantitative estimate of drug-likeness (QED) is 0.637. The van der Waals surface area contributed by atoms with Crippen LogP contribution < -0.4 is 0 Å². The fourth-order valence-corrected chi connectivity index (χ4v) is 1.31. The Kier molecular flexibility index (Phi) is 5.16. The Bertz CT molecular complexity index is 335. The van der Waals surface area contributed by atoms with Crippen LogP contribution in [-0.2, 0) is 20.8 Å². The normalized spacial score (nSPS) is 9.15. The van der Waals surface area contributed by atoms with E-state index in [4.69, 9.17) is 17.0 Å². The van der Waals surface area contributed by atoms with E-state index in [9.17, 15) is 0 Å². The van der Waals surface area contributed by atoms with Gasteiger partial charge in [-0.25, -0.2) is 0 Å². The summed E-state index contributed by atoms with van der Waals surface area (Å²) in [5, 5.41) is 2.69. The van der Waals surface area contributed by atoms with Gasteiger partial charge in [-0.15, -0.1) is 40.6 Å². The Hall–Kier alpha value is 0.293. The molecule has 3 heteroatoms. The van der Waals surface area contributed by atoms with Crippen molar-refractivity contribution in [3.05, 3.63) is 42.0 Å². The summed E-state index contributed by atoms with van der Waals surface area (Å²) in [6.07, 6.45) is 0. The Morgan fingerprint density at radius 2 is 1.85 bits per heavy atom. The van der Waals surface area contributed by atoms with Crippen molar-refractivity contribution < 1.29 is 20.8 Å². The third-order valence-electron chi connectivity index (χ3n) is 1.76. The molecule has 0 saturated carbocycles. The minimum atomic E-state index is -0.826. The molecule has 0 aliphatic rings. The molecule has 0 saturated heterocycles. The van der Waals surface area contributed by atoms with Gasteiger partial charge in [0.2, 0.25) is 0 Å².